The van der Waals surface area contributed by atoms with Crippen molar-refractivity contribution in [3.63, 3.8) is 0 Å². The molecule has 0 saturated carbocycles. The van der Waals surface area contributed by atoms with E-state index in [9.17, 15) is 4.79 Å². The number of carbonyl (C=O) groups excluding carboxylic acids is 1. The highest BCUT2D eigenvalue weighted by atomic mass is 32.1. The zero-order valence-electron chi connectivity index (χ0n) is 12.3. The van der Waals surface area contributed by atoms with Gasteiger partial charge in [0.05, 0.1) is 0 Å². The minimum absolute atomic E-state index is 0.0274. The number of aromatic nitrogens is 1. The Bertz CT molecular complexity index is 467. The molecule has 112 valence electrons. The van der Waals surface area contributed by atoms with Crippen molar-refractivity contribution in [2.45, 2.75) is 12.8 Å². The Morgan fingerprint density at radius 3 is 2.75 bits per heavy atom. The summed E-state index contributed by atoms with van der Waals surface area (Å²) in [4.78, 5) is 21.2. The standard InChI is InChI=1S/C13H23N5OS/c1-15-13-16-11(14)10(20-13)12(19)18(3)8-9-4-6-17(2)7-5-9/h9H,4-8,14H2,1-3H3,(H,15,16). The number of likely N-dealkylation sites (tertiary alicyclic amines) is 1. The number of nitrogens with one attached hydrogen (secondary N) is 1. The molecule has 0 aromatic carbocycles. The third kappa shape index (κ3) is 3.40. The number of hydrogen-bond acceptors (Lipinski definition) is 6. The second-order valence-electron chi connectivity index (χ2n) is 5.42. The van der Waals surface area contributed by atoms with Crippen molar-refractivity contribution < 1.29 is 4.79 Å². The summed E-state index contributed by atoms with van der Waals surface area (Å²) in [5.41, 5.74) is 5.81. The van der Waals surface area contributed by atoms with E-state index < -0.39 is 0 Å². The number of nitrogen functional groups attached to an aromatic ring is 1. The molecule has 0 spiro atoms. The van der Waals surface area contributed by atoms with Gasteiger partial charge in [-0.3, -0.25) is 4.79 Å². The van der Waals surface area contributed by atoms with Crippen LogP contribution >= 0.6 is 11.3 Å². The van der Waals surface area contributed by atoms with E-state index in [4.69, 9.17) is 5.73 Å². The van der Waals surface area contributed by atoms with E-state index in [1.54, 1.807) is 11.9 Å². The van der Waals surface area contributed by atoms with Crippen molar-refractivity contribution in [3.8, 4) is 0 Å². The quantitative estimate of drug-likeness (QED) is 0.873. The maximum Gasteiger partial charge on any atom is 0.267 e. The Morgan fingerprint density at radius 1 is 1.55 bits per heavy atom. The molecule has 0 atom stereocenters. The van der Waals surface area contributed by atoms with E-state index >= 15 is 0 Å². The lowest BCUT2D eigenvalue weighted by molar-refractivity contribution is 0.0752. The molecule has 0 unspecified atom stereocenters. The van der Waals surface area contributed by atoms with Crippen molar-refractivity contribution in [1.82, 2.24) is 14.8 Å². The molecule has 2 rings (SSSR count). The van der Waals surface area contributed by atoms with Gasteiger partial charge in [-0.25, -0.2) is 4.98 Å². The Kier molecular flexibility index (Phi) is 4.82. The molecule has 0 bridgehead atoms. The fourth-order valence-corrected chi connectivity index (χ4v) is 3.31. The third-order valence-electron chi connectivity index (χ3n) is 3.78. The lowest BCUT2D eigenvalue weighted by Crippen LogP contribution is -2.37. The number of rotatable bonds is 4. The minimum atomic E-state index is -0.0274. The van der Waals surface area contributed by atoms with Crippen LogP contribution in [0.5, 0.6) is 0 Å². The molecule has 2 heterocycles. The summed E-state index contributed by atoms with van der Waals surface area (Å²) in [6, 6.07) is 0. The number of nitrogens with two attached hydrogens (primary N) is 1. The van der Waals surface area contributed by atoms with Gasteiger partial charge in [0.1, 0.15) is 10.7 Å². The molecular weight excluding hydrogens is 274 g/mol. The predicted octanol–water partition coefficient (Wildman–Crippen LogP) is 1.18. The summed E-state index contributed by atoms with van der Waals surface area (Å²) < 4.78 is 0. The number of thiazole rings is 1. The van der Waals surface area contributed by atoms with E-state index in [1.807, 2.05) is 7.05 Å². The Hall–Kier alpha value is -1.34. The molecule has 1 aromatic rings. The van der Waals surface area contributed by atoms with Crippen molar-refractivity contribution in [2.75, 3.05) is 51.8 Å². The van der Waals surface area contributed by atoms with Crippen molar-refractivity contribution in [2.24, 2.45) is 5.92 Å². The zero-order chi connectivity index (χ0) is 14.7. The molecule has 20 heavy (non-hydrogen) atoms. The van der Waals surface area contributed by atoms with Crippen LogP contribution in [0, 0.1) is 5.92 Å². The molecule has 3 N–H and O–H groups in total. The van der Waals surface area contributed by atoms with Gasteiger partial charge in [0.15, 0.2) is 5.13 Å². The van der Waals surface area contributed by atoms with Crippen LogP contribution in [-0.2, 0) is 0 Å². The normalized spacial score (nSPS) is 17.1. The number of amides is 1. The lowest BCUT2D eigenvalue weighted by atomic mass is 9.96. The number of piperidine rings is 1. The molecule has 1 fully saturated rings. The SMILES string of the molecule is CNc1nc(N)c(C(=O)N(C)CC2CCN(C)CC2)s1. The second-order valence-corrected chi connectivity index (χ2v) is 6.41. The van der Waals surface area contributed by atoms with Gasteiger partial charge in [0.25, 0.3) is 5.91 Å². The largest absolute Gasteiger partial charge is 0.382 e. The number of anilines is 2. The van der Waals surface area contributed by atoms with Gasteiger partial charge < -0.3 is 20.9 Å². The van der Waals surface area contributed by atoms with Crippen LogP contribution in [0.1, 0.15) is 22.5 Å². The van der Waals surface area contributed by atoms with Crippen LogP contribution in [0.4, 0.5) is 10.9 Å². The molecule has 1 aliphatic heterocycles. The highest BCUT2D eigenvalue weighted by Gasteiger charge is 2.23. The summed E-state index contributed by atoms with van der Waals surface area (Å²) >= 11 is 1.31. The molecule has 7 heteroatoms. The summed E-state index contributed by atoms with van der Waals surface area (Å²) in [6.07, 6.45) is 2.29. The number of carbonyl (C=O) groups is 1. The van der Waals surface area contributed by atoms with Gasteiger partial charge in [-0.05, 0) is 38.9 Å². The fraction of sp³-hybridized carbons (Fsp3) is 0.692. The first-order valence-corrected chi connectivity index (χ1v) is 7.71. The van der Waals surface area contributed by atoms with Crippen molar-refractivity contribution in [3.05, 3.63) is 4.88 Å². The van der Waals surface area contributed by atoms with Crippen LogP contribution in [0.25, 0.3) is 0 Å². The topological polar surface area (TPSA) is 74.5 Å². The Morgan fingerprint density at radius 2 is 2.20 bits per heavy atom. The van der Waals surface area contributed by atoms with Gasteiger partial charge in [0, 0.05) is 20.6 Å². The van der Waals surface area contributed by atoms with Crippen molar-refractivity contribution >= 4 is 28.2 Å². The average Bonchev–Trinajstić information content (AvgIpc) is 2.81. The first kappa shape index (κ1) is 15.1. The third-order valence-corrected chi connectivity index (χ3v) is 4.86. The van der Waals surface area contributed by atoms with E-state index in [-0.39, 0.29) is 5.91 Å². The van der Waals surface area contributed by atoms with Crippen LogP contribution in [0.3, 0.4) is 0 Å². The summed E-state index contributed by atoms with van der Waals surface area (Å²) in [5, 5.41) is 3.60. The van der Waals surface area contributed by atoms with Gasteiger partial charge in [-0.1, -0.05) is 11.3 Å². The minimum Gasteiger partial charge on any atom is -0.382 e. The fourth-order valence-electron chi connectivity index (χ4n) is 2.48. The van der Waals surface area contributed by atoms with Gasteiger partial charge in [-0.15, -0.1) is 0 Å². The van der Waals surface area contributed by atoms with Crippen LogP contribution < -0.4 is 11.1 Å². The monoisotopic (exact) mass is 297 g/mol. The number of hydrogen-bond donors (Lipinski definition) is 2. The maximum atomic E-state index is 12.4. The lowest BCUT2D eigenvalue weighted by Gasteiger charge is -2.31. The van der Waals surface area contributed by atoms with Gasteiger partial charge in [-0.2, -0.15) is 0 Å². The summed E-state index contributed by atoms with van der Waals surface area (Å²) in [5.74, 6) is 0.873. The first-order chi connectivity index (χ1) is 9.51. The van der Waals surface area contributed by atoms with E-state index in [0.717, 1.165) is 32.5 Å². The van der Waals surface area contributed by atoms with Gasteiger partial charge >= 0.3 is 0 Å². The van der Waals surface area contributed by atoms with Crippen LogP contribution in [0.2, 0.25) is 0 Å². The number of nitrogens with zero attached hydrogens (tertiary/aromatic N) is 3. The van der Waals surface area contributed by atoms with Crippen molar-refractivity contribution in [1.29, 1.82) is 0 Å². The Balaban J connectivity index is 1.96. The predicted molar refractivity (Wildman–Crippen MR) is 83.3 cm³/mol. The zero-order valence-corrected chi connectivity index (χ0v) is 13.2. The molecule has 1 aliphatic rings. The molecular formula is C13H23N5OS. The average molecular weight is 297 g/mol. The molecule has 0 aliphatic carbocycles. The maximum absolute atomic E-state index is 12.4. The van der Waals surface area contributed by atoms with E-state index in [2.05, 4.69) is 22.2 Å². The molecule has 0 radical (unpaired) electrons. The summed E-state index contributed by atoms with van der Waals surface area (Å²) in [6.45, 7) is 3.01. The first-order valence-electron chi connectivity index (χ1n) is 6.89. The Labute approximate surface area is 124 Å². The summed E-state index contributed by atoms with van der Waals surface area (Å²) in [7, 11) is 5.76. The highest BCUT2D eigenvalue weighted by molar-refractivity contribution is 7.18. The van der Waals surface area contributed by atoms with Crippen LogP contribution in [-0.4, -0.2) is 61.5 Å². The molecule has 1 saturated heterocycles. The molecule has 1 amide bonds. The van der Waals surface area contributed by atoms with Gasteiger partial charge in [0.2, 0.25) is 0 Å². The molecule has 6 nitrogen and oxygen atoms in total. The van der Waals surface area contributed by atoms with E-state index in [1.165, 1.54) is 11.3 Å². The van der Waals surface area contributed by atoms with E-state index in [0.29, 0.717) is 21.7 Å². The van der Waals surface area contributed by atoms with Crippen LogP contribution in [0.15, 0.2) is 0 Å². The molecule has 1 aromatic heterocycles. The second kappa shape index (κ2) is 6.41. The highest BCUT2D eigenvalue weighted by Crippen LogP contribution is 2.26. The smallest absolute Gasteiger partial charge is 0.267 e.